The van der Waals surface area contributed by atoms with Crippen molar-refractivity contribution in [2.75, 3.05) is 0 Å². The van der Waals surface area contributed by atoms with Crippen molar-refractivity contribution in [3.63, 3.8) is 0 Å². The van der Waals surface area contributed by atoms with Crippen LogP contribution < -0.4 is 0 Å². The fourth-order valence-electron chi connectivity index (χ4n) is 2.55. The third kappa shape index (κ3) is 2.66. The Morgan fingerprint density at radius 3 is 2.71 bits per heavy atom. The van der Waals surface area contributed by atoms with Gasteiger partial charge in [0, 0.05) is 33.6 Å². The SMILES string of the molecule is Cc1ccc(CC(=O)c2c[nH]c3cccc(Br)c23)cc1C. The van der Waals surface area contributed by atoms with Gasteiger partial charge in [-0.1, -0.05) is 40.2 Å². The Hall–Kier alpha value is -1.87. The van der Waals surface area contributed by atoms with Crippen LogP contribution in [0.15, 0.2) is 47.1 Å². The molecule has 0 saturated carbocycles. The maximum atomic E-state index is 12.6. The van der Waals surface area contributed by atoms with Gasteiger partial charge >= 0.3 is 0 Å². The molecule has 1 aromatic heterocycles. The number of aromatic amines is 1. The zero-order chi connectivity index (χ0) is 15.0. The minimum atomic E-state index is 0.136. The maximum absolute atomic E-state index is 12.6. The number of H-pyrrole nitrogens is 1. The summed E-state index contributed by atoms with van der Waals surface area (Å²) in [5.41, 5.74) is 5.26. The molecular weight excluding hydrogens is 326 g/mol. The van der Waals surface area contributed by atoms with E-state index in [2.05, 4.69) is 46.9 Å². The molecule has 0 spiro atoms. The van der Waals surface area contributed by atoms with Gasteiger partial charge in [-0.15, -0.1) is 0 Å². The van der Waals surface area contributed by atoms with Crippen molar-refractivity contribution in [2.24, 2.45) is 0 Å². The molecule has 1 heterocycles. The highest BCUT2D eigenvalue weighted by Crippen LogP contribution is 2.28. The van der Waals surface area contributed by atoms with E-state index in [0.29, 0.717) is 6.42 Å². The molecule has 0 amide bonds. The van der Waals surface area contributed by atoms with Crippen LogP contribution in [0.2, 0.25) is 0 Å². The molecule has 0 radical (unpaired) electrons. The summed E-state index contributed by atoms with van der Waals surface area (Å²) >= 11 is 3.53. The molecule has 0 aliphatic rings. The van der Waals surface area contributed by atoms with Crippen molar-refractivity contribution in [1.29, 1.82) is 0 Å². The Morgan fingerprint density at radius 1 is 1.14 bits per heavy atom. The van der Waals surface area contributed by atoms with Crippen molar-refractivity contribution in [2.45, 2.75) is 20.3 Å². The molecule has 3 heteroatoms. The fourth-order valence-corrected chi connectivity index (χ4v) is 3.13. The van der Waals surface area contributed by atoms with Crippen LogP contribution in [-0.4, -0.2) is 10.8 Å². The number of nitrogens with one attached hydrogen (secondary N) is 1. The van der Waals surface area contributed by atoms with E-state index in [9.17, 15) is 4.79 Å². The lowest BCUT2D eigenvalue weighted by molar-refractivity contribution is 0.0994. The van der Waals surface area contributed by atoms with Crippen LogP contribution in [0.1, 0.15) is 27.0 Å². The molecule has 3 aromatic rings. The number of benzene rings is 2. The van der Waals surface area contributed by atoms with Crippen molar-refractivity contribution in [3.8, 4) is 0 Å². The van der Waals surface area contributed by atoms with Crippen LogP contribution in [0.25, 0.3) is 10.9 Å². The minimum Gasteiger partial charge on any atom is -0.360 e. The van der Waals surface area contributed by atoms with Crippen LogP contribution >= 0.6 is 15.9 Å². The number of ketones is 1. The lowest BCUT2D eigenvalue weighted by Crippen LogP contribution is -2.03. The average Bonchev–Trinajstić information content (AvgIpc) is 2.88. The normalized spacial score (nSPS) is 11.0. The van der Waals surface area contributed by atoms with Gasteiger partial charge in [0.1, 0.15) is 0 Å². The second-order valence-corrected chi connectivity index (χ2v) is 6.24. The lowest BCUT2D eigenvalue weighted by Gasteiger charge is -2.05. The maximum Gasteiger partial charge on any atom is 0.169 e. The van der Waals surface area contributed by atoms with Gasteiger partial charge in [0.2, 0.25) is 0 Å². The number of aromatic nitrogens is 1. The Morgan fingerprint density at radius 2 is 1.95 bits per heavy atom. The summed E-state index contributed by atoms with van der Waals surface area (Å²) in [7, 11) is 0. The molecule has 0 aliphatic carbocycles. The van der Waals surface area contributed by atoms with Crippen LogP contribution in [0.4, 0.5) is 0 Å². The number of Topliss-reactive ketones (excluding diaryl/α,β-unsaturated/α-hetero) is 1. The number of carbonyl (C=O) groups is 1. The summed E-state index contributed by atoms with van der Waals surface area (Å²) in [6.07, 6.45) is 2.23. The predicted molar refractivity (Wildman–Crippen MR) is 89.9 cm³/mol. The topological polar surface area (TPSA) is 32.9 Å². The molecular formula is C18H16BrNO. The third-order valence-electron chi connectivity index (χ3n) is 3.89. The van der Waals surface area contributed by atoms with E-state index in [-0.39, 0.29) is 5.78 Å². The van der Waals surface area contributed by atoms with Gasteiger partial charge in [-0.05, 0) is 42.7 Å². The van der Waals surface area contributed by atoms with Gasteiger partial charge in [-0.25, -0.2) is 0 Å². The van der Waals surface area contributed by atoms with E-state index < -0.39 is 0 Å². The lowest BCUT2D eigenvalue weighted by atomic mass is 9.99. The highest BCUT2D eigenvalue weighted by Gasteiger charge is 2.14. The Labute approximate surface area is 132 Å². The zero-order valence-corrected chi connectivity index (χ0v) is 13.6. The first-order valence-corrected chi connectivity index (χ1v) is 7.70. The van der Waals surface area contributed by atoms with Gasteiger partial charge < -0.3 is 4.98 Å². The largest absolute Gasteiger partial charge is 0.360 e. The highest BCUT2D eigenvalue weighted by molar-refractivity contribution is 9.10. The summed E-state index contributed by atoms with van der Waals surface area (Å²) < 4.78 is 0.949. The quantitative estimate of drug-likeness (QED) is 0.670. The minimum absolute atomic E-state index is 0.136. The smallest absolute Gasteiger partial charge is 0.169 e. The Kier molecular flexibility index (Phi) is 3.68. The Bertz CT molecular complexity index is 832. The monoisotopic (exact) mass is 341 g/mol. The average molecular weight is 342 g/mol. The van der Waals surface area contributed by atoms with Crippen LogP contribution in [-0.2, 0) is 6.42 Å². The third-order valence-corrected chi connectivity index (χ3v) is 4.55. The molecule has 106 valence electrons. The van der Waals surface area contributed by atoms with Crippen LogP contribution in [0.3, 0.4) is 0 Å². The number of rotatable bonds is 3. The number of hydrogen-bond acceptors (Lipinski definition) is 1. The number of hydrogen-bond donors (Lipinski definition) is 1. The molecule has 0 aliphatic heterocycles. The van der Waals surface area contributed by atoms with Gasteiger partial charge in [0.05, 0.1) is 0 Å². The molecule has 3 rings (SSSR count). The van der Waals surface area contributed by atoms with Crippen molar-refractivity contribution >= 4 is 32.6 Å². The first-order valence-electron chi connectivity index (χ1n) is 6.91. The number of fused-ring (bicyclic) bond motifs is 1. The van der Waals surface area contributed by atoms with E-state index in [1.165, 1.54) is 11.1 Å². The zero-order valence-electron chi connectivity index (χ0n) is 12.0. The predicted octanol–water partition coefficient (Wildman–Crippen LogP) is 4.97. The number of carbonyl (C=O) groups excluding carboxylic acids is 1. The van der Waals surface area contributed by atoms with Crippen molar-refractivity contribution in [1.82, 2.24) is 4.98 Å². The molecule has 2 aromatic carbocycles. The summed E-state index contributed by atoms with van der Waals surface area (Å²) in [4.78, 5) is 15.8. The number of aryl methyl sites for hydroxylation is 2. The first-order chi connectivity index (χ1) is 10.1. The van der Waals surface area contributed by atoms with Crippen molar-refractivity contribution < 1.29 is 4.79 Å². The van der Waals surface area contributed by atoms with Gasteiger partial charge in [0.15, 0.2) is 5.78 Å². The number of halogens is 1. The summed E-state index contributed by atoms with van der Waals surface area (Å²) in [5.74, 6) is 0.136. The molecule has 2 nitrogen and oxygen atoms in total. The second-order valence-electron chi connectivity index (χ2n) is 5.38. The van der Waals surface area contributed by atoms with Gasteiger partial charge in [-0.3, -0.25) is 4.79 Å². The summed E-state index contributed by atoms with van der Waals surface area (Å²) in [5, 5.41) is 0.964. The molecule has 0 atom stereocenters. The summed E-state index contributed by atoms with van der Waals surface area (Å²) in [6.45, 7) is 4.16. The van der Waals surface area contributed by atoms with Crippen LogP contribution in [0, 0.1) is 13.8 Å². The fraction of sp³-hybridized carbons (Fsp3) is 0.167. The van der Waals surface area contributed by atoms with E-state index in [0.717, 1.165) is 26.5 Å². The van der Waals surface area contributed by atoms with E-state index in [1.54, 1.807) is 6.20 Å². The van der Waals surface area contributed by atoms with Crippen LogP contribution in [0.5, 0.6) is 0 Å². The molecule has 0 fully saturated rings. The molecule has 0 saturated heterocycles. The Balaban J connectivity index is 1.95. The van der Waals surface area contributed by atoms with Gasteiger partial charge in [-0.2, -0.15) is 0 Å². The molecule has 0 bridgehead atoms. The second kappa shape index (κ2) is 5.49. The highest BCUT2D eigenvalue weighted by atomic mass is 79.9. The van der Waals surface area contributed by atoms with E-state index in [1.807, 2.05) is 24.3 Å². The van der Waals surface area contributed by atoms with Gasteiger partial charge in [0.25, 0.3) is 0 Å². The van der Waals surface area contributed by atoms with E-state index in [4.69, 9.17) is 0 Å². The van der Waals surface area contributed by atoms with Crippen molar-refractivity contribution in [3.05, 3.63) is 69.3 Å². The standard InChI is InChI=1S/C18H16BrNO/c1-11-6-7-13(8-12(11)2)9-17(21)14-10-20-16-5-3-4-15(19)18(14)16/h3-8,10,20H,9H2,1-2H3. The molecule has 0 unspecified atom stereocenters. The summed E-state index contributed by atoms with van der Waals surface area (Å²) in [6, 6.07) is 12.1. The first kappa shape index (κ1) is 14.1. The molecule has 21 heavy (non-hydrogen) atoms. The molecule has 1 N–H and O–H groups in total. The van der Waals surface area contributed by atoms with E-state index >= 15 is 0 Å².